The van der Waals surface area contributed by atoms with Crippen LogP contribution >= 0.6 is 11.6 Å². The number of amides is 1. The molecule has 1 aromatic carbocycles. The van der Waals surface area contributed by atoms with E-state index in [2.05, 4.69) is 10.6 Å². The fourth-order valence-corrected chi connectivity index (χ4v) is 2.57. The molecule has 1 atom stereocenters. The van der Waals surface area contributed by atoms with E-state index in [1.165, 1.54) is 11.0 Å². The van der Waals surface area contributed by atoms with Gasteiger partial charge in [0.25, 0.3) is 5.91 Å². The molecule has 0 aliphatic carbocycles. The standard InChI is InChI=1S/C14H16ClF4N3O/c15-9-1-2-11(16)10(7-9)13(23)21-8-12(14(17,18)19)22-5-3-20-4-6-22/h1-2,7,12,20H,3-6,8H2,(H,21,23). The molecule has 0 bridgehead atoms. The van der Waals surface area contributed by atoms with Crippen LogP contribution in [0.5, 0.6) is 0 Å². The van der Waals surface area contributed by atoms with Crippen molar-refractivity contribution in [3.05, 3.63) is 34.6 Å². The maximum absolute atomic E-state index is 13.6. The topological polar surface area (TPSA) is 44.4 Å². The maximum Gasteiger partial charge on any atom is 0.405 e. The van der Waals surface area contributed by atoms with Crippen molar-refractivity contribution in [1.29, 1.82) is 0 Å². The van der Waals surface area contributed by atoms with Crippen molar-refractivity contribution >= 4 is 17.5 Å². The van der Waals surface area contributed by atoms with Crippen LogP contribution in [0.15, 0.2) is 18.2 Å². The summed E-state index contributed by atoms with van der Waals surface area (Å²) in [4.78, 5) is 13.2. The summed E-state index contributed by atoms with van der Waals surface area (Å²) in [6, 6.07) is 1.53. The average molecular weight is 354 g/mol. The lowest BCUT2D eigenvalue weighted by Gasteiger charge is -2.35. The SMILES string of the molecule is O=C(NCC(N1CCNCC1)C(F)(F)F)c1cc(Cl)ccc1F. The first-order chi connectivity index (χ1) is 10.8. The van der Waals surface area contributed by atoms with Crippen LogP contribution in [0.25, 0.3) is 0 Å². The van der Waals surface area contributed by atoms with Crippen LogP contribution in [0, 0.1) is 5.82 Å². The van der Waals surface area contributed by atoms with E-state index in [1.807, 2.05) is 0 Å². The van der Waals surface area contributed by atoms with Gasteiger partial charge in [0.15, 0.2) is 0 Å². The Hall–Kier alpha value is -1.38. The number of piperazine rings is 1. The number of hydrogen-bond donors (Lipinski definition) is 2. The molecule has 0 aromatic heterocycles. The zero-order chi connectivity index (χ0) is 17.0. The van der Waals surface area contributed by atoms with Gasteiger partial charge in [0.1, 0.15) is 11.9 Å². The van der Waals surface area contributed by atoms with Gasteiger partial charge in [-0.25, -0.2) is 4.39 Å². The highest BCUT2D eigenvalue weighted by molar-refractivity contribution is 6.30. The van der Waals surface area contributed by atoms with Gasteiger partial charge in [-0.15, -0.1) is 0 Å². The Morgan fingerprint density at radius 3 is 2.61 bits per heavy atom. The minimum Gasteiger partial charge on any atom is -0.350 e. The van der Waals surface area contributed by atoms with Gasteiger partial charge in [-0.1, -0.05) is 11.6 Å². The third kappa shape index (κ3) is 4.79. The predicted octanol–water partition coefficient (Wildman–Crippen LogP) is 2.04. The molecule has 1 fully saturated rings. The number of rotatable bonds is 4. The molecule has 1 aromatic rings. The lowest BCUT2D eigenvalue weighted by molar-refractivity contribution is -0.183. The van der Waals surface area contributed by atoms with Gasteiger partial charge in [-0.2, -0.15) is 13.2 Å². The first-order valence-electron chi connectivity index (χ1n) is 7.04. The summed E-state index contributed by atoms with van der Waals surface area (Å²) in [6.07, 6.45) is -4.49. The van der Waals surface area contributed by atoms with Crippen LogP contribution in [-0.2, 0) is 0 Å². The Morgan fingerprint density at radius 1 is 1.35 bits per heavy atom. The second-order valence-electron chi connectivity index (χ2n) is 5.18. The van der Waals surface area contributed by atoms with Gasteiger partial charge in [-0.3, -0.25) is 9.69 Å². The summed E-state index contributed by atoms with van der Waals surface area (Å²) < 4.78 is 53.1. The van der Waals surface area contributed by atoms with E-state index in [0.29, 0.717) is 13.1 Å². The Balaban J connectivity index is 2.05. The zero-order valence-corrected chi connectivity index (χ0v) is 12.8. The quantitative estimate of drug-likeness (QED) is 0.814. The Labute approximate surface area is 135 Å². The second kappa shape index (κ2) is 7.46. The molecule has 0 spiro atoms. The van der Waals surface area contributed by atoms with Crippen molar-refractivity contribution < 1.29 is 22.4 Å². The van der Waals surface area contributed by atoms with Gasteiger partial charge in [0, 0.05) is 37.7 Å². The number of alkyl halides is 3. The molecule has 9 heteroatoms. The zero-order valence-electron chi connectivity index (χ0n) is 12.1. The molecule has 1 unspecified atom stereocenters. The molecule has 0 radical (unpaired) electrons. The molecular weight excluding hydrogens is 338 g/mol. The van der Waals surface area contributed by atoms with E-state index in [1.54, 1.807) is 0 Å². The summed E-state index contributed by atoms with van der Waals surface area (Å²) in [6.45, 7) is 0.707. The molecule has 1 saturated heterocycles. The van der Waals surface area contributed by atoms with E-state index in [4.69, 9.17) is 11.6 Å². The lowest BCUT2D eigenvalue weighted by Crippen LogP contribution is -2.57. The molecule has 0 saturated carbocycles. The van der Waals surface area contributed by atoms with E-state index >= 15 is 0 Å². The number of nitrogens with one attached hydrogen (secondary N) is 2. The number of halogens is 5. The Morgan fingerprint density at radius 2 is 2.00 bits per heavy atom. The van der Waals surface area contributed by atoms with E-state index in [0.717, 1.165) is 12.1 Å². The van der Waals surface area contributed by atoms with Gasteiger partial charge in [0.2, 0.25) is 0 Å². The lowest BCUT2D eigenvalue weighted by atomic mass is 10.1. The average Bonchev–Trinajstić information content (AvgIpc) is 2.49. The van der Waals surface area contributed by atoms with Crippen molar-refractivity contribution in [2.45, 2.75) is 12.2 Å². The molecule has 2 rings (SSSR count). The fraction of sp³-hybridized carbons (Fsp3) is 0.500. The molecule has 1 aliphatic heterocycles. The van der Waals surface area contributed by atoms with E-state index < -0.39 is 30.5 Å². The van der Waals surface area contributed by atoms with Gasteiger partial charge in [0.05, 0.1) is 5.56 Å². The summed E-state index contributed by atoms with van der Waals surface area (Å²) in [5.74, 6) is -1.76. The van der Waals surface area contributed by atoms with Gasteiger partial charge < -0.3 is 10.6 Å². The minimum absolute atomic E-state index is 0.131. The molecule has 1 heterocycles. The van der Waals surface area contributed by atoms with Crippen molar-refractivity contribution in [2.24, 2.45) is 0 Å². The molecule has 4 nitrogen and oxygen atoms in total. The van der Waals surface area contributed by atoms with Crippen molar-refractivity contribution in [1.82, 2.24) is 15.5 Å². The third-order valence-corrected chi connectivity index (χ3v) is 3.83. The van der Waals surface area contributed by atoms with Crippen LogP contribution in [-0.4, -0.2) is 55.7 Å². The van der Waals surface area contributed by atoms with Gasteiger partial charge >= 0.3 is 6.18 Å². The highest BCUT2D eigenvalue weighted by Gasteiger charge is 2.43. The number of hydrogen-bond acceptors (Lipinski definition) is 3. The summed E-state index contributed by atoms with van der Waals surface area (Å²) in [5.41, 5.74) is -0.376. The largest absolute Gasteiger partial charge is 0.405 e. The Kier molecular flexibility index (Phi) is 5.83. The maximum atomic E-state index is 13.6. The van der Waals surface area contributed by atoms with Crippen LogP contribution in [0.2, 0.25) is 5.02 Å². The monoisotopic (exact) mass is 353 g/mol. The van der Waals surface area contributed by atoms with E-state index in [9.17, 15) is 22.4 Å². The Bertz CT molecular complexity index is 561. The first-order valence-corrected chi connectivity index (χ1v) is 7.41. The van der Waals surface area contributed by atoms with Crippen LogP contribution < -0.4 is 10.6 Å². The molecule has 1 amide bonds. The van der Waals surface area contributed by atoms with E-state index in [-0.39, 0.29) is 23.7 Å². The molecule has 128 valence electrons. The molecular formula is C14H16ClF4N3O. The van der Waals surface area contributed by atoms with Crippen LogP contribution in [0.3, 0.4) is 0 Å². The smallest absolute Gasteiger partial charge is 0.350 e. The summed E-state index contributed by atoms with van der Waals surface area (Å²) >= 11 is 5.68. The first kappa shape index (κ1) is 18.0. The second-order valence-corrected chi connectivity index (χ2v) is 5.61. The van der Waals surface area contributed by atoms with Crippen LogP contribution in [0.1, 0.15) is 10.4 Å². The van der Waals surface area contributed by atoms with Crippen molar-refractivity contribution in [2.75, 3.05) is 32.7 Å². The van der Waals surface area contributed by atoms with Crippen LogP contribution in [0.4, 0.5) is 17.6 Å². The van der Waals surface area contributed by atoms with Crippen molar-refractivity contribution in [3.8, 4) is 0 Å². The van der Waals surface area contributed by atoms with Gasteiger partial charge in [-0.05, 0) is 18.2 Å². The minimum atomic E-state index is -4.49. The molecule has 1 aliphatic rings. The third-order valence-electron chi connectivity index (χ3n) is 3.60. The molecule has 23 heavy (non-hydrogen) atoms. The fourth-order valence-electron chi connectivity index (χ4n) is 2.40. The highest BCUT2D eigenvalue weighted by atomic mass is 35.5. The highest BCUT2D eigenvalue weighted by Crippen LogP contribution is 2.25. The molecule has 2 N–H and O–H groups in total. The van der Waals surface area contributed by atoms with Crippen molar-refractivity contribution in [3.63, 3.8) is 0 Å². The summed E-state index contributed by atoms with van der Waals surface area (Å²) in [7, 11) is 0. The number of carbonyl (C=O) groups excluding carboxylic acids is 1. The number of benzene rings is 1. The number of carbonyl (C=O) groups is 1. The normalized spacial score (nSPS) is 17.8. The number of nitrogens with zero attached hydrogens (tertiary/aromatic N) is 1. The predicted molar refractivity (Wildman–Crippen MR) is 78.0 cm³/mol. The summed E-state index contributed by atoms with van der Waals surface area (Å²) in [5, 5.41) is 5.25.